The maximum absolute atomic E-state index is 9.64. The summed E-state index contributed by atoms with van der Waals surface area (Å²) in [6, 6.07) is 2.24. The minimum Gasteiger partial charge on any atom is -0.354 e. The third kappa shape index (κ3) is 4.34. The third-order valence-electron chi connectivity index (χ3n) is 3.66. The number of halogens is 1. The molecule has 0 saturated carbocycles. The van der Waals surface area contributed by atoms with Crippen molar-refractivity contribution in [3.8, 4) is 6.07 Å². The van der Waals surface area contributed by atoms with Crippen LogP contribution in [0.2, 0.25) is 0 Å². The highest BCUT2D eigenvalue weighted by atomic mass is 79.9. The fraction of sp³-hybridized carbons (Fsp3) is 0.235. The van der Waals surface area contributed by atoms with Crippen molar-refractivity contribution in [2.24, 2.45) is 0 Å². The van der Waals surface area contributed by atoms with Gasteiger partial charge in [-0.3, -0.25) is 4.68 Å². The topological polar surface area (TPSA) is 104 Å². The Bertz CT molecular complexity index is 905. The van der Waals surface area contributed by atoms with Gasteiger partial charge in [0.25, 0.3) is 0 Å². The molecule has 3 heterocycles. The number of allylic oxidation sites excluding steroid dienone is 4. The molecular weight excluding hydrogens is 396 g/mol. The predicted molar refractivity (Wildman–Crippen MR) is 102 cm³/mol. The largest absolute Gasteiger partial charge is 0.354 e. The molecule has 0 amide bonds. The van der Waals surface area contributed by atoms with E-state index in [1.807, 2.05) is 25.2 Å². The first-order valence-corrected chi connectivity index (χ1v) is 8.82. The van der Waals surface area contributed by atoms with Crippen LogP contribution in [0.15, 0.2) is 47.4 Å². The van der Waals surface area contributed by atoms with Crippen molar-refractivity contribution in [2.45, 2.75) is 19.9 Å². The first-order valence-electron chi connectivity index (χ1n) is 8.03. The molecule has 0 saturated heterocycles. The average Bonchev–Trinajstić information content (AvgIpc) is 3.15. The molecule has 8 nitrogen and oxygen atoms in total. The van der Waals surface area contributed by atoms with Crippen LogP contribution in [-0.4, -0.2) is 31.3 Å². The van der Waals surface area contributed by atoms with E-state index in [0.717, 1.165) is 23.1 Å². The zero-order chi connectivity index (χ0) is 18.4. The van der Waals surface area contributed by atoms with E-state index in [0.29, 0.717) is 29.5 Å². The molecule has 0 fully saturated rings. The minimum absolute atomic E-state index is 0.469. The molecule has 3 rings (SSSR count). The summed E-state index contributed by atoms with van der Waals surface area (Å²) in [5, 5.41) is 20.0. The van der Waals surface area contributed by atoms with Gasteiger partial charge in [0.15, 0.2) is 0 Å². The molecule has 9 heteroatoms. The molecular formula is C17H17BrN8. The Morgan fingerprint density at radius 3 is 3.08 bits per heavy atom. The van der Waals surface area contributed by atoms with Gasteiger partial charge in [0.05, 0.1) is 16.0 Å². The molecule has 1 aliphatic rings. The van der Waals surface area contributed by atoms with Crippen LogP contribution in [0.4, 0.5) is 5.95 Å². The highest BCUT2D eigenvalue weighted by Gasteiger charge is 2.15. The normalized spacial score (nSPS) is 15.0. The second kappa shape index (κ2) is 8.40. The Morgan fingerprint density at radius 2 is 2.35 bits per heavy atom. The molecule has 0 bridgehead atoms. The maximum Gasteiger partial charge on any atom is 0.223 e. The fourth-order valence-electron chi connectivity index (χ4n) is 2.40. The second-order valence-corrected chi connectivity index (χ2v) is 6.42. The Kier molecular flexibility index (Phi) is 5.76. The summed E-state index contributed by atoms with van der Waals surface area (Å²) < 4.78 is 2.56. The van der Waals surface area contributed by atoms with Crippen molar-refractivity contribution >= 4 is 27.5 Å². The van der Waals surface area contributed by atoms with Crippen molar-refractivity contribution in [3.05, 3.63) is 58.6 Å². The van der Waals surface area contributed by atoms with Gasteiger partial charge in [-0.2, -0.15) is 10.4 Å². The van der Waals surface area contributed by atoms with E-state index < -0.39 is 0 Å². The summed E-state index contributed by atoms with van der Waals surface area (Å²) in [7, 11) is 0. The number of hydrogen-bond donors (Lipinski definition) is 2. The van der Waals surface area contributed by atoms with Gasteiger partial charge < -0.3 is 10.6 Å². The van der Waals surface area contributed by atoms with Crippen molar-refractivity contribution < 1.29 is 0 Å². The number of anilines is 1. The van der Waals surface area contributed by atoms with Crippen LogP contribution in [0.1, 0.15) is 17.7 Å². The lowest BCUT2D eigenvalue weighted by Crippen LogP contribution is -2.14. The number of aryl methyl sites for hydroxylation is 2. The quantitative estimate of drug-likeness (QED) is 0.426. The van der Waals surface area contributed by atoms with Crippen molar-refractivity contribution in [1.82, 2.24) is 30.0 Å². The maximum atomic E-state index is 9.64. The van der Waals surface area contributed by atoms with E-state index in [9.17, 15) is 5.26 Å². The lowest BCUT2D eigenvalue weighted by atomic mass is 10.1. The first kappa shape index (κ1) is 17.8. The minimum atomic E-state index is 0.469. The summed E-state index contributed by atoms with van der Waals surface area (Å²) in [5.74, 6) is 0.493. The smallest absolute Gasteiger partial charge is 0.223 e. The molecule has 2 aromatic rings. The zero-order valence-electron chi connectivity index (χ0n) is 14.1. The van der Waals surface area contributed by atoms with Crippen LogP contribution in [0.5, 0.6) is 0 Å². The molecule has 0 aromatic carbocycles. The van der Waals surface area contributed by atoms with Gasteiger partial charge in [0, 0.05) is 19.3 Å². The molecule has 0 radical (unpaired) electrons. The Balaban J connectivity index is 1.73. The monoisotopic (exact) mass is 412 g/mol. The van der Waals surface area contributed by atoms with Crippen LogP contribution in [-0.2, 0) is 6.54 Å². The summed E-state index contributed by atoms with van der Waals surface area (Å²) in [6.07, 6.45) is 11.3. The van der Waals surface area contributed by atoms with Gasteiger partial charge in [-0.05, 0) is 47.0 Å². The van der Waals surface area contributed by atoms with Crippen LogP contribution >= 0.6 is 15.9 Å². The molecule has 2 aromatic heterocycles. The van der Waals surface area contributed by atoms with Gasteiger partial charge in [-0.1, -0.05) is 6.08 Å². The number of hydrogen-bond acceptors (Lipinski definition) is 7. The zero-order valence-corrected chi connectivity index (χ0v) is 15.7. The van der Waals surface area contributed by atoms with Gasteiger partial charge in [-0.15, -0.1) is 0 Å². The predicted octanol–water partition coefficient (Wildman–Crippen LogP) is 2.51. The standard InChI is InChI=1S/C17H17BrN8/c1-12-9-22-17(21-6-3-7-26-11-20-10-23-26)25-16(12)13(8-19)14-4-2-5-15(18)24-14/h2,4-5,9-11,24H,3,6-7H2,1H3,(H,21,22,25). The van der Waals surface area contributed by atoms with Gasteiger partial charge in [-0.25, -0.2) is 15.0 Å². The SMILES string of the molecule is Cc1cnc(NCCCn2cncn2)nc1C(C#N)=C1C=CC=C(Br)N1. The highest BCUT2D eigenvalue weighted by Crippen LogP contribution is 2.23. The summed E-state index contributed by atoms with van der Waals surface area (Å²) in [5.41, 5.74) is 2.61. The number of nitrogens with zero attached hydrogens (tertiary/aromatic N) is 6. The molecule has 132 valence electrons. The number of dihydropyridines is 1. The van der Waals surface area contributed by atoms with E-state index in [2.05, 4.69) is 52.7 Å². The Labute approximate surface area is 159 Å². The molecule has 0 atom stereocenters. The Hall–Kier alpha value is -2.99. The van der Waals surface area contributed by atoms with E-state index in [4.69, 9.17) is 0 Å². The summed E-state index contributed by atoms with van der Waals surface area (Å²) in [4.78, 5) is 12.7. The summed E-state index contributed by atoms with van der Waals surface area (Å²) >= 11 is 3.39. The van der Waals surface area contributed by atoms with Crippen LogP contribution < -0.4 is 10.6 Å². The van der Waals surface area contributed by atoms with Gasteiger partial charge in [0.2, 0.25) is 5.95 Å². The molecule has 1 aliphatic heterocycles. The Morgan fingerprint density at radius 1 is 1.46 bits per heavy atom. The molecule has 0 aliphatic carbocycles. The fourth-order valence-corrected chi connectivity index (χ4v) is 2.76. The van der Waals surface area contributed by atoms with Crippen molar-refractivity contribution in [1.29, 1.82) is 5.26 Å². The number of nitrogens with one attached hydrogen (secondary N) is 2. The molecule has 26 heavy (non-hydrogen) atoms. The van der Waals surface area contributed by atoms with Gasteiger partial charge in [0.1, 0.15) is 24.3 Å². The average molecular weight is 413 g/mol. The molecule has 2 N–H and O–H groups in total. The molecule has 0 spiro atoms. The lowest BCUT2D eigenvalue weighted by Gasteiger charge is -2.14. The van der Waals surface area contributed by atoms with Gasteiger partial charge >= 0.3 is 0 Å². The third-order valence-corrected chi connectivity index (χ3v) is 4.13. The van der Waals surface area contributed by atoms with Crippen LogP contribution in [0.25, 0.3) is 5.57 Å². The van der Waals surface area contributed by atoms with Crippen LogP contribution in [0.3, 0.4) is 0 Å². The molecule has 0 unspecified atom stereocenters. The van der Waals surface area contributed by atoms with E-state index in [-0.39, 0.29) is 0 Å². The van der Waals surface area contributed by atoms with Crippen molar-refractivity contribution in [3.63, 3.8) is 0 Å². The van der Waals surface area contributed by atoms with Crippen molar-refractivity contribution in [2.75, 3.05) is 11.9 Å². The first-order chi connectivity index (χ1) is 12.7. The lowest BCUT2D eigenvalue weighted by molar-refractivity contribution is 0.589. The highest BCUT2D eigenvalue weighted by molar-refractivity contribution is 9.11. The number of nitriles is 1. The van der Waals surface area contributed by atoms with E-state index in [1.165, 1.54) is 6.33 Å². The number of aromatic nitrogens is 5. The van der Waals surface area contributed by atoms with E-state index >= 15 is 0 Å². The second-order valence-electron chi connectivity index (χ2n) is 5.56. The van der Waals surface area contributed by atoms with E-state index in [1.54, 1.807) is 17.2 Å². The van der Waals surface area contributed by atoms with Crippen LogP contribution in [0, 0.1) is 18.3 Å². The summed E-state index contributed by atoms with van der Waals surface area (Å²) in [6.45, 7) is 3.33. The number of rotatable bonds is 6.